The monoisotopic (exact) mass is 905 g/mol. The molecule has 0 atom stereocenters. The predicted octanol–water partition coefficient (Wildman–Crippen LogP) is 7.56. The molecule has 3 aliphatic heterocycles. The maximum atomic E-state index is 13.4. The van der Waals surface area contributed by atoms with Gasteiger partial charge < -0.3 is 14.9 Å². The molecule has 6 N–H and O–H groups in total. The number of aromatic nitrogens is 4. The van der Waals surface area contributed by atoms with E-state index >= 15 is 0 Å². The number of rotatable bonds is 18. The molecule has 324 valence electrons. The average Bonchev–Trinajstić information content (AvgIpc) is 3.97. The predicted molar refractivity (Wildman–Crippen MR) is 228 cm³/mol. The minimum absolute atomic E-state index is 0.0359. The van der Waals surface area contributed by atoms with Crippen LogP contribution in [0.25, 0.3) is 52.1 Å². The molecule has 0 amide bonds. The molecule has 0 saturated heterocycles. The van der Waals surface area contributed by atoms with E-state index in [9.17, 15) is 51.9 Å². The number of nitrogens with one attached hydrogen (secondary N) is 2. The van der Waals surface area contributed by atoms with Gasteiger partial charge in [-0.3, -0.25) is 18.2 Å². The van der Waals surface area contributed by atoms with Gasteiger partial charge in [0.2, 0.25) is 0 Å². The van der Waals surface area contributed by atoms with Crippen LogP contribution in [-0.2, 0) is 40.5 Å². The molecule has 3 aliphatic rings. The molecule has 0 saturated carbocycles. The van der Waals surface area contributed by atoms with E-state index in [0.29, 0.717) is 18.8 Å². The van der Waals surface area contributed by atoms with Gasteiger partial charge in [-0.15, -0.1) is 0 Å². The zero-order valence-electron chi connectivity index (χ0n) is 32.7. The largest absolute Gasteiger partial charge is 0.367 e. The molecule has 21 heteroatoms. The topological polar surface area (TPSA) is 278 Å². The number of H-pyrrole nitrogens is 2. The Morgan fingerprint density at radius 2 is 1.02 bits per heavy atom. The summed E-state index contributed by atoms with van der Waals surface area (Å²) in [6.45, 7) is 3.07. The molecule has 0 aromatic carbocycles. The van der Waals surface area contributed by atoms with E-state index in [1.807, 2.05) is 11.0 Å². The third kappa shape index (κ3) is 10.3. The molecular formula is C39H47N5O12S4. The van der Waals surface area contributed by atoms with E-state index < -0.39 is 105 Å². The van der Waals surface area contributed by atoms with E-state index in [4.69, 9.17) is 0 Å². The van der Waals surface area contributed by atoms with Crippen molar-refractivity contribution in [2.45, 2.75) is 104 Å². The van der Waals surface area contributed by atoms with Crippen molar-refractivity contribution in [2.75, 3.05) is 13.1 Å². The third-order valence-corrected chi connectivity index (χ3v) is 14.1. The first-order valence-corrected chi connectivity index (χ1v) is 25.3. The lowest BCUT2D eigenvalue weighted by atomic mass is 10.0. The van der Waals surface area contributed by atoms with Gasteiger partial charge in [0.15, 0.2) is 0 Å². The van der Waals surface area contributed by atoms with Crippen molar-refractivity contribution >= 4 is 92.5 Å². The lowest BCUT2D eigenvalue weighted by Gasteiger charge is -2.28. The Kier molecular flexibility index (Phi) is 13.7. The van der Waals surface area contributed by atoms with Gasteiger partial charge in [-0.1, -0.05) is 89.7 Å². The van der Waals surface area contributed by atoms with Crippen LogP contribution in [-0.4, -0.2) is 89.8 Å². The van der Waals surface area contributed by atoms with Crippen LogP contribution in [0.2, 0.25) is 0 Å². The van der Waals surface area contributed by atoms with Crippen LogP contribution in [0.3, 0.4) is 0 Å². The zero-order valence-corrected chi connectivity index (χ0v) is 36.0. The Morgan fingerprint density at radius 3 is 1.52 bits per heavy atom. The summed E-state index contributed by atoms with van der Waals surface area (Å²) in [6, 6.07) is 3.36. The Balaban J connectivity index is 1.54. The number of aromatic amines is 2. The van der Waals surface area contributed by atoms with Crippen molar-refractivity contribution < 1.29 is 51.9 Å². The van der Waals surface area contributed by atoms with E-state index in [1.165, 1.54) is 51.0 Å². The summed E-state index contributed by atoms with van der Waals surface area (Å²) < 4.78 is 146. The summed E-state index contributed by atoms with van der Waals surface area (Å²) in [7, 11) is -21.0. The van der Waals surface area contributed by atoms with Crippen LogP contribution in [0.15, 0.2) is 56.0 Å². The van der Waals surface area contributed by atoms with Gasteiger partial charge in [0, 0.05) is 24.4 Å². The minimum Gasteiger partial charge on any atom is -0.367 e. The molecule has 17 nitrogen and oxygen atoms in total. The number of unbranched alkanes of at least 4 members (excludes halogenated alkanes) is 11. The average molecular weight is 906 g/mol. The van der Waals surface area contributed by atoms with Gasteiger partial charge in [-0.05, 0) is 55.0 Å². The molecular weight excluding hydrogens is 859 g/mol. The molecule has 0 spiro atoms. The highest BCUT2D eigenvalue weighted by Gasteiger charge is 2.30. The smallest absolute Gasteiger partial charge is 0.298 e. The molecule has 6 rings (SSSR count). The number of fused-ring (bicyclic) bond motifs is 8. The fraction of sp³-hybridized carbons (Fsp3) is 0.385. The maximum Gasteiger partial charge on any atom is 0.298 e. The van der Waals surface area contributed by atoms with Crippen LogP contribution in [0.1, 0.15) is 112 Å². The van der Waals surface area contributed by atoms with Crippen LogP contribution in [0.4, 0.5) is 0 Å². The van der Waals surface area contributed by atoms with Gasteiger partial charge in [-0.25, -0.2) is 9.97 Å². The van der Waals surface area contributed by atoms with Crippen molar-refractivity contribution in [3.8, 4) is 0 Å². The number of nitrogens with zero attached hydrogens (tertiary/aromatic N) is 3. The standard InChI is InChI=1S/C39H47N5O12S4/c1-2-3-4-5-6-7-8-9-10-11-12-14-23-44-24-15-13-16-34(44)26-25-33-38(59(51,52)53)31-20-19-29(41-31)36(57(45,46)47)27-17-18-28(40-27)37(58(48,49)50)30-21-22-32(42-30)39(35(26)43-33)60(54,55)56/h13,15-22,25,41,43H,2-12,14,23-24H2,1H3,(H,45,46,47)(H,48,49,50)(H,51,52,53)(H,54,55,56). The van der Waals surface area contributed by atoms with E-state index in [1.54, 1.807) is 12.2 Å². The van der Waals surface area contributed by atoms with Gasteiger partial charge in [0.1, 0.15) is 19.6 Å². The first kappa shape index (κ1) is 45.1. The number of hydrogen-bond acceptors (Lipinski definition) is 11. The highest BCUT2D eigenvalue weighted by molar-refractivity contribution is 7.87. The van der Waals surface area contributed by atoms with Gasteiger partial charge in [0.05, 0.1) is 44.8 Å². The van der Waals surface area contributed by atoms with Crippen molar-refractivity contribution in [1.82, 2.24) is 24.8 Å². The van der Waals surface area contributed by atoms with Crippen LogP contribution in [0, 0.1) is 0 Å². The summed E-state index contributed by atoms with van der Waals surface area (Å²) in [5.41, 5.74) is -3.46. The van der Waals surface area contributed by atoms with Gasteiger partial charge >= 0.3 is 0 Å². The highest BCUT2D eigenvalue weighted by Crippen LogP contribution is 2.37. The quantitative estimate of drug-likeness (QED) is 0.0366. The maximum absolute atomic E-state index is 13.4. The fourth-order valence-corrected chi connectivity index (χ4v) is 10.7. The van der Waals surface area contributed by atoms with E-state index in [0.717, 1.165) is 68.5 Å². The van der Waals surface area contributed by atoms with Crippen LogP contribution in [0.5, 0.6) is 0 Å². The van der Waals surface area contributed by atoms with Crippen molar-refractivity contribution in [1.29, 1.82) is 0 Å². The Labute approximate surface area is 349 Å². The molecule has 0 unspecified atom stereocenters. The third-order valence-electron chi connectivity index (χ3n) is 10.3. The first-order chi connectivity index (χ1) is 28.3. The van der Waals surface area contributed by atoms with Gasteiger partial charge in [-0.2, -0.15) is 33.7 Å². The lowest BCUT2D eigenvalue weighted by Crippen LogP contribution is -2.25. The summed E-state index contributed by atoms with van der Waals surface area (Å²) in [4.78, 5) is 11.7. The minimum atomic E-state index is -5.32. The van der Waals surface area contributed by atoms with Crippen molar-refractivity contribution in [3.05, 3.63) is 64.8 Å². The second kappa shape index (κ2) is 18.2. The molecule has 0 fully saturated rings. The normalized spacial score (nSPS) is 14.6. The van der Waals surface area contributed by atoms with E-state index in [2.05, 4.69) is 26.9 Å². The Bertz CT molecular complexity index is 2910. The number of allylic oxidation sites excluding steroid dienone is 2. The first-order valence-electron chi connectivity index (χ1n) is 19.5. The molecule has 60 heavy (non-hydrogen) atoms. The summed E-state index contributed by atoms with van der Waals surface area (Å²) in [6.07, 6.45) is 22.9. The summed E-state index contributed by atoms with van der Waals surface area (Å²) in [5, 5.41) is 0. The number of hydrogen-bond donors (Lipinski definition) is 6. The second-order valence-electron chi connectivity index (χ2n) is 14.7. The lowest BCUT2D eigenvalue weighted by molar-refractivity contribution is 0.411. The molecule has 0 radical (unpaired) electrons. The van der Waals surface area contributed by atoms with Crippen molar-refractivity contribution in [2.24, 2.45) is 0 Å². The highest BCUT2D eigenvalue weighted by atomic mass is 32.2. The molecule has 8 bridgehead atoms. The fourth-order valence-electron chi connectivity index (χ4n) is 7.63. The van der Waals surface area contributed by atoms with E-state index in [-0.39, 0.29) is 5.56 Å². The second-order valence-corrected chi connectivity index (χ2v) is 20.2. The van der Waals surface area contributed by atoms with Crippen LogP contribution < -0.4 is 0 Å². The van der Waals surface area contributed by atoms with Crippen molar-refractivity contribution in [3.63, 3.8) is 0 Å². The summed E-state index contributed by atoms with van der Waals surface area (Å²) in [5.74, 6) is 0. The zero-order chi connectivity index (χ0) is 43.5. The molecule has 3 aromatic rings. The molecule has 6 heterocycles. The summed E-state index contributed by atoms with van der Waals surface area (Å²) >= 11 is 0. The van der Waals surface area contributed by atoms with Gasteiger partial charge in [0.25, 0.3) is 40.5 Å². The van der Waals surface area contributed by atoms with Crippen LogP contribution >= 0.6 is 0 Å². The molecule has 0 aliphatic carbocycles. The Morgan fingerprint density at radius 1 is 0.567 bits per heavy atom. The SMILES string of the molecule is CCCCCCCCCCCCCCN1CC=CC=C1c1cc2[nH]c1c(S(=O)(=O)O)c1nc(c(S(=O)(=O)O)c3nc(c(S(=O)(=O)O)c4ccc([nH]4)c2S(=O)(=O)O)C=C3)C=C1. The Hall–Kier alpha value is -4.48. The molecule has 3 aromatic heterocycles.